The molecule has 0 aromatic heterocycles. The van der Waals surface area contributed by atoms with Gasteiger partial charge in [0.15, 0.2) is 0 Å². The van der Waals surface area contributed by atoms with E-state index in [1.165, 1.54) is 32.1 Å². The standard InChI is InChI=1S/C10H20N3OP/c14-15(12-8-9-12)11-6-7-13(15)10-4-2-1-3-5-10/h10H,1-9H2,(H,11,14). The first-order chi connectivity index (χ1) is 7.31. The van der Waals surface area contributed by atoms with Crippen molar-refractivity contribution in [3.63, 3.8) is 0 Å². The third-order valence-corrected chi connectivity index (χ3v) is 6.84. The van der Waals surface area contributed by atoms with Crippen molar-refractivity contribution >= 4 is 7.59 Å². The Balaban J connectivity index is 1.75. The van der Waals surface area contributed by atoms with Crippen LogP contribution in [-0.2, 0) is 4.57 Å². The molecule has 0 spiro atoms. The topological polar surface area (TPSA) is 35.4 Å². The van der Waals surface area contributed by atoms with Crippen LogP contribution in [0.3, 0.4) is 0 Å². The minimum absolute atomic E-state index is 0.584. The Bertz CT molecular complexity index is 286. The zero-order valence-electron chi connectivity index (χ0n) is 9.19. The maximum atomic E-state index is 12.7. The van der Waals surface area contributed by atoms with E-state index in [0.29, 0.717) is 6.04 Å². The molecule has 2 saturated heterocycles. The smallest absolute Gasteiger partial charge is 0.270 e. The molecule has 4 nitrogen and oxygen atoms in total. The number of nitrogens with one attached hydrogen (secondary N) is 1. The Hall–Kier alpha value is 0.110. The first-order valence-corrected chi connectivity index (χ1v) is 7.80. The van der Waals surface area contributed by atoms with Crippen LogP contribution in [0.5, 0.6) is 0 Å². The van der Waals surface area contributed by atoms with Gasteiger partial charge < -0.3 is 0 Å². The Morgan fingerprint density at radius 1 is 1.07 bits per heavy atom. The lowest BCUT2D eigenvalue weighted by molar-refractivity contribution is 0.262. The third kappa shape index (κ3) is 1.78. The Morgan fingerprint density at radius 2 is 1.80 bits per heavy atom. The van der Waals surface area contributed by atoms with Gasteiger partial charge in [0.2, 0.25) is 0 Å². The molecule has 0 bridgehead atoms. The monoisotopic (exact) mass is 229 g/mol. The molecule has 3 rings (SSSR count). The van der Waals surface area contributed by atoms with E-state index in [9.17, 15) is 4.57 Å². The second kappa shape index (κ2) is 3.85. The molecule has 1 saturated carbocycles. The summed E-state index contributed by atoms with van der Waals surface area (Å²) in [5.41, 5.74) is 0. The van der Waals surface area contributed by atoms with Crippen LogP contribution < -0.4 is 5.09 Å². The summed E-state index contributed by atoms with van der Waals surface area (Å²) in [5.74, 6) is 0. The van der Waals surface area contributed by atoms with Gasteiger partial charge in [-0.2, -0.15) is 0 Å². The summed E-state index contributed by atoms with van der Waals surface area (Å²) in [7, 11) is -2.29. The largest absolute Gasteiger partial charge is 0.284 e. The molecule has 1 unspecified atom stereocenters. The van der Waals surface area contributed by atoms with Gasteiger partial charge in [-0.05, 0) is 12.8 Å². The van der Waals surface area contributed by atoms with Gasteiger partial charge in [-0.1, -0.05) is 19.3 Å². The van der Waals surface area contributed by atoms with E-state index >= 15 is 0 Å². The summed E-state index contributed by atoms with van der Waals surface area (Å²) in [4.78, 5) is 0. The molecular formula is C10H20N3OP. The molecule has 86 valence electrons. The highest BCUT2D eigenvalue weighted by Crippen LogP contribution is 2.57. The quantitative estimate of drug-likeness (QED) is 0.577. The van der Waals surface area contributed by atoms with E-state index in [1.807, 2.05) is 0 Å². The molecule has 2 aliphatic heterocycles. The van der Waals surface area contributed by atoms with Crippen LogP contribution in [0.15, 0.2) is 0 Å². The number of rotatable bonds is 2. The zero-order valence-corrected chi connectivity index (χ0v) is 10.1. The minimum atomic E-state index is -2.29. The van der Waals surface area contributed by atoms with Crippen LogP contribution in [0.1, 0.15) is 32.1 Å². The lowest BCUT2D eigenvalue weighted by atomic mass is 9.95. The molecule has 1 N–H and O–H groups in total. The lowest BCUT2D eigenvalue weighted by Crippen LogP contribution is -2.34. The molecule has 2 heterocycles. The van der Waals surface area contributed by atoms with Crippen molar-refractivity contribution in [2.75, 3.05) is 26.2 Å². The fraction of sp³-hybridized carbons (Fsp3) is 1.00. The van der Waals surface area contributed by atoms with Crippen molar-refractivity contribution in [3.8, 4) is 0 Å². The molecule has 0 radical (unpaired) electrons. The molecule has 5 heteroatoms. The van der Waals surface area contributed by atoms with Crippen LogP contribution in [0, 0.1) is 0 Å². The molecule has 3 fully saturated rings. The predicted molar refractivity (Wildman–Crippen MR) is 60.8 cm³/mol. The van der Waals surface area contributed by atoms with Crippen LogP contribution in [-0.4, -0.2) is 41.6 Å². The maximum absolute atomic E-state index is 12.7. The highest BCUT2D eigenvalue weighted by molar-refractivity contribution is 7.57. The van der Waals surface area contributed by atoms with Crippen molar-refractivity contribution in [1.82, 2.24) is 14.4 Å². The van der Waals surface area contributed by atoms with Crippen molar-refractivity contribution in [3.05, 3.63) is 0 Å². The van der Waals surface area contributed by atoms with Gasteiger partial charge >= 0.3 is 0 Å². The summed E-state index contributed by atoms with van der Waals surface area (Å²) in [5, 5.41) is 3.25. The van der Waals surface area contributed by atoms with Crippen LogP contribution in [0.25, 0.3) is 0 Å². The average Bonchev–Trinajstić information content (AvgIpc) is 3.05. The maximum Gasteiger partial charge on any atom is 0.284 e. The van der Waals surface area contributed by atoms with E-state index in [1.54, 1.807) is 0 Å². The van der Waals surface area contributed by atoms with Gasteiger partial charge in [0, 0.05) is 32.2 Å². The summed E-state index contributed by atoms with van der Waals surface area (Å²) < 4.78 is 17.2. The predicted octanol–water partition coefficient (Wildman–Crippen LogP) is 1.65. The number of hydrogen-bond donors (Lipinski definition) is 1. The van der Waals surface area contributed by atoms with E-state index in [0.717, 1.165) is 26.2 Å². The Morgan fingerprint density at radius 3 is 2.47 bits per heavy atom. The zero-order chi connectivity index (χ0) is 10.3. The Kier molecular flexibility index (Phi) is 2.63. The second-order valence-electron chi connectivity index (χ2n) is 4.86. The van der Waals surface area contributed by atoms with E-state index in [-0.39, 0.29) is 0 Å². The Labute approximate surface area is 91.5 Å². The van der Waals surface area contributed by atoms with Crippen LogP contribution in [0.4, 0.5) is 0 Å². The van der Waals surface area contributed by atoms with Crippen molar-refractivity contribution in [2.24, 2.45) is 0 Å². The summed E-state index contributed by atoms with van der Waals surface area (Å²) in [6, 6.07) is 0.584. The summed E-state index contributed by atoms with van der Waals surface area (Å²) >= 11 is 0. The van der Waals surface area contributed by atoms with Crippen LogP contribution in [0.2, 0.25) is 0 Å². The first kappa shape index (κ1) is 10.3. The molecule has 1 aliphatic carbocycles. The molecule has 1 atom stereocenters. The third-order valence-electron chi connectivity index (χ3n) is 3.81. The average molecular weight is 229 g/mol. The molecule has 15 heavy (non-hydrogen) atoms. The SMILES string of the molecule is O=P1(N2CC2)NCCN1C1CCCCC1. The van der Waals surface area contributed by atoms with Gasteiger partial charge in [-0.15, -0.1) is 0 Å². The highest BCUT2D eigenvalue weighted by atomic mass is 31.2. The molecule has 0 aromatic carbocycles. The van der Waals surface area contributed by atoms with E-state index in [4.69, 9.17) is 0 Å². The number of nitrogens with zero attached hydrogens (tertiary/aromatic N) is 2. The summed E-state index contributed by atoms with van der Waals surface area (Å²) in [6.07, 6.45) is 6.51. The number of hydrogen-bond acceptors (Lipinski definition) is 1. The van der Waals surface area contributed by atoms with Crippen molar-refractivity contribution in [2.45, 2.75) is 38.1 Å². The summed E-state index contributed by atoms with van der Waals surface area (Å²) in [6.45, 7) is 3.93. The fourth-order valence-corrected chi connectivity index (χ4v) is 5.67. The molecule has 3 aliphatic rings. The molecule has 0 aromatic rings. The fourth-order valence-electron chi connectivity index (χ4n) is 2.90. The van der Waals surface area contributed by atoms with Gasteiger partial charge in [0.1, 0.15) is 0 Å². The lowest BCUT2D eigenvalue weighted by Gasteiger charge is -2.34. The van der Waals surface area contributed by atoms with Gasteiger partial charge in [0.05, 0.1) is 0 Å². The van der Waals surface area contributed by atoms with E-state index in [2.05, 4.69) is 14.4 Å². The normalized spacial score (nSPS) is 39.7. The molecule has 0 amide bonds. The van der Waals surface area contributed by atoms with E-state index < -0.39 is 7.59 Å². The van der Waals surface area contributed by atoms with Gasteiger partial charge in [-0.25, -0.2) is 14.4 Å². The van der Waals surface area contributed by atoms with Gasteiger partial charge in [0.25, 0.3) is 7.59 Å². The van der Waals surface area contributed by atoms with Gasteiger partial charge in [-0.3, -0.25) is 4.57 Å². The second-order valence-corrected chi connectivity index (χ2v) is 7.34. The highest BCUT2D eigenvalue weighted by Gasteiger charge is 2.48. The molecular weight excluding hydrogens is 209 g/mol. The van der Waals surface area contributed by atoms with Crippen molar-refractivity contribution in [1.29, 1.82) is 0 Å². The minimum Gasteiger partial charge on any atom is -0.270 e. The van der Waals surface area contributed by atoms with Crippen LogP contribution >= 0.6 is 7.59 Å². The van der Waals surface area contributed by atoms with Crippen molar-refractivity contribution < 1.29 is 4.57 Å². The first-order valence-electron chi connectivity index (χ1n) is 6.18.